The summed E-state index contributed by atoms with van der Waals surface area (Å²) in [5.41, 5.74) is 1.67. The Hall–Kier alpha value is -3.85. The number of benzene rings is 2. The standard InChI is InChI=1S/C26H27N3O6/c1-35-22(30)12-17-27(13-6-15-28-23(31)18-8-2-3-9-19(18)24(28)32)14-7-16-29-25(33)20-10-4-5-11-21(20)26(29)34/h2-5,8-11H,6-7,12-17H2,1H3. The lowest BCUT2D eigenvalue weighted by molar-refractivity contribution is -0.141. The van der Waals surface area contributed by atoms with Crippen molar-refractivity contribution in [3.8, 4) is 0 Å². The average molecular weight is 478 g/mol. The molecule has 0 unspecified atom stereocenters. The van der Waals surface area contributed by atoms with Crippen LogP contribution in [-0.4, -0.2) is 84.1 Å². The first-order valence-corrected chi connectivity index (χ1v) is 11.6. The molecule has 0 atom stereocenters. The van der Waals surface area contributed by atoms with E-state index in [0.717, 1.165) is 0 Å². The van der Waals surface area contributed by atoms with Gasteiger partial charge in [0.05, 0.1) is 35.8 Å². The topological polar surface area (TPSA) is 104 Å². The fourth-order valence-electron chi connectivity index (χ4n) is 4.48. The predicted octanol–water partition coefficient (Wildman–Crippen LogP) is 2.22. The van der Waals surface area contributed by atoms with Gasteiger partial charge in [0.15, 0.2) is 0 Å². The normalized spacial score (nSPS) is 14.7. The van der Waals surface area contributed by atoms with Crippen LogP contribution >= 0.6 is 0 Å². The Kier molecular flexibility index (Phi) is 7.36. The van der Waals surface area contributed by atoms with Crippen molar-refractivity contribution in [3.05, 3.63) is 70.8 Å². The van der Waals surface area contributed by atoms with Crippen LogP contribution in [0.3, 0.4) is 0 Å². The van der Waals surface area contributed by atoms with Crippen molar-refractivity contribution in [1.29, 1.82) is 0 Å². The summed E-state index contributed by atoms with van der Waals surface area (Å²) in [4.78, 5) is 66.5. The summed E-state index contributed by atoms with van der Waals surface area (Å²) in [6.07, 6.45) is 1.25. The molecule has 2 aromatic rings. The molecule has 9 heteroatoms. The number of rotatable bonds is 11. The van der Waals surface area contributed by atoms with Gasteiger partial charge in [-0.05, 0) is 50.2 Å². The van der Waals surface area contributed by atoms with Crippen molar-refractivity contribution in [2.24, 2.45) is 0 Å². The highest BCUT2D eigenvalue weighted by Crippen LogP contribution is 2.23. The van der Waals surface area contributed by atoms with Gasteiger partial charge in [0.1, 0.15) is 0 Å². The number of imide groups is 2. The third-order valence-electron chi connectivity index (χ3n) is 6.33. The molecule has 9 nitrogen and oxygen atoms in total. The Morgan fingerprint density at radius 3 is 1.40 bits per heavy atom. The third-order valence-corrected chi connectivity index (χ3v) is 6.33. The van der Waals surface area contributed by atoms with E-state index in [-0.39, 0.29) is 49.1 Å². The monoisotopic (exact) mass is 477 g/mol. The number of methoxy groups -OCH3 is 1. The SMILES string of the molecule is COC(=O)CCN(CCCN1C(=O)c2ccccc2C1=O)CCCN1C(=O)c2ccccc2C1=O. The third kappa shape index (κ3) is 5.00. The van der Waals surface area contributed by atoms with Crippen LogP contribution in [0.1, 0.15) is 60.7 Å². The van der Waals surface area contributed by atoms with E-state index in [1.54, 1.807) is 48.5 Å². The van der Waals surface area contributed by atoms with Gasteiger partial charge in [-0.1, -0.05) is 24.3 Å². The van der Waals surface area contributed by atoms with E-state index in [9.17, 15) is 24.0 Å². The largest absolute Gasteiger partial charge is 0.469 e. The molecule has 182 valence electrons. The molecule has 0 saturated carbocycles. The van der Waals surface area contributed by atoms with Crippen LogP contribution in [0.5, 0.6) is 0 Å². The van der Waals surface area contributed by atoms with Gasteiger partial charge in [0.2, 0.25) is 0 Å². The van der Waals surface area contributed by atoms with Crippen LogP contribution in [0.15, 0.2) is 48.5 Å². The summed E-state index contributed by atoms with van der Waals surface area (Å²) in [5, 5.41) is 0. The first-order chi connectivity index (χ1) is 16.9. The molecule has 0 spiro atoms. The quantitative estimate of drug-likeness (QED) is 0.361. The fraction of sp³-hybridized carbons (Fsp3) is 0.346. The first kappa shape index (κ1) is 24.3. The van der Waals surface area contributed by atoms with Gasteiger partial charge in [-0.2, -0.15) is 0 Å². The molecule has 0 N–H and O–H groups in total. The molecule has 0 aromatic heterocycles. The van der Waals surface area contributed by atoms with Crippen LogP contribution < -0.4 is 0 Å². The predicted molar refractivity (Wildman–Crippen MR) is 126 cm³/mol. The second kappa shape index (κ2) is 10.6. The summed E-state index contributed by atoms with van der Waals surface area (Å²) in [6.45, 7) is 2.02. The van der Waals surface area contributed by atoms with Crippen molar-refractivity contribution in [3.63, 3.8) is 0 Å². The highest BCUT2D eigenvalue weighted by atomic mass is 16.5. The molecule has 0 bridgehead atoms. The molecule has 2 heterocycles. The molecule has 4 rings (SSSR count). The van der Waals surface area contributed by atoms with Gasteiger partial charge in [-0.25, -0.2) is 0 Å². The molecule has 2 aliphatic heterocycles. The van der Waals surface area contributed by atoms with E-state index in [1.807, 2.05) is 4.90 Å². The molecule has 35 heavy (non-hydrogen) atoms. The summed E-state index contributed by atoms with van der Waals surface area (Å²) in [7, 11) is 1.33. The van der Waals surface area contributed by atoms with E-state index in [1.165, 1.54) is 16.9 Å². The van der Waals surface area contributed by atoms with Crippen molar-refractivity contribution in [1.82, 2.24) is 14.7 Å². The van der Waals surface area contributed by atoms with Crippen LogP contribution in [0.25, 0.3) is 0 Å². The summed E-state index contributed by atoms with van der Waals surface area (Å²) in [6, 6.07) is 13.5. The number of fused-ring (bicyclic) bond motifs is 2. The minimum Gasteiger partial charge on any atom is -0.469 e. The minimum absolute atomic E-state index is 0.191. The van der Waals surface area contributed by atoms with Crippen molar-refractivity contribution in [2.75, 3.05) is 39.8 Å². The molecule has 0 radical (unpaired) electrons. The minimum atomic E-state index is -0.337. The smallest absolute Gasteiger partial charge is 0.306 e. The average Bonchev–Trinajstić information content (AvgIpc) is 3.27. The maximum Gasteiger partial charge on any atom is 0.306 e. The molecule has 2 aromatic carbocycles. The lowest BCUT2D eigenvalue weighted by Crippen LogP contribution is -2.36. The van der Waals surface area contributed by atoms with Gasteiger partial charge in [-0.15, -0.1) is 0 Å². The van der Waals surface area contributed by atoms with Gasteiger partial charge in [0, 0.05) is 19.6 Å². The van der Waals surface area contributed by atoms with E-state index in [2.05, 4.69) is 0 Å². The zero-order valence-electron chi connectivity index (χ0n) is 19.6. The highest BCUT2D eigenvalue weighted by molar-refractivity contribution is 6.22. The van der Waals surface area contributed by atoms with Crippen LogP contribution in [0.2, 0.25) is 0 Å². The fourth-order valence-corrected chi connectivity index (χ4v) is 4.48. The second-order valence-electron chi connectivity index (χ2n) is 8.49. The number of ether oxygens (including phenoxy) is 1. The van der Waals surface area contributed by atoms with Gasteiger partial charge >= 0.3 is 5.97 Å². The summed E-state index contributed by atoms with van der Waals surface area (Å²) >= 11 is 0. The van der Waals surface area contributed by atoms with Crippen LogP contribution in [-0.2, 0) is 9.53 Å². The molecular formula is C26H27N3O6. The number of carbonyl (C=O) groups is 5. The van der Waals surface area contributed by atoms with Crippen LogP contribution in [0, 0.1) is 0 Å². The lowest BCUT2D eigenvalue weighted by atomic mass is 10.1. The molecule has 2 aliphatic rings. The lowest BCUT2D eigenvalue weighted by Gasteiger charge is -2.24. The zero-order chi connectivity index (χ0) is 24.9. The molecule has 0 aliphatic carbocycles. The molecule has 4 amide bonds. The highest BCUT2D eigenvalue weighted by Gasteiger charge is 2.35. The number of hydrogen-bond acceptors (Lipinski definition) is 7. The number of amides is 4. The molecule has 0 saturated heterocycles. The van der Waals surface area contributed by atoms with Gasteiger partial charge in [-0.3, -0.25) is 33.8 Å². The Bertz CT molecular complexity index is 1030. The zero-order valence-corrected chi connectivity index (χ0v) is 19.6. The summed E-state index contributed by atoms with van der Waals surface area (Å²) < 4.78 is 4.74. The number of hydrogen-bond donors (Lipinski definition) is 0. The van der Waals surface area contributed by atoms with Gasteiger partial charge < -0.3 is 9.64 Å². The molecular weight excluding hydrogens is 450 g/mol. The number of carbonyl (C=O) groups excluding carboxylic acids is 5. The Morgan fingerprint density at radius 1 is 0.686 bits per heavy atom. The van der Waals surface area contributed by atoms with Crippen molar-refractivity contribution in [2.45, 2.75) is 19.3 Å². The van der Waals surface area contributed by atoms with Gasteiger partial charge in [0.25, 0.3) is 23.6 Å². The maximum atomic E-state index is 12.6. The van der Waals surface area contributed by atoms with Crippen molar-refractivity contribution >= 4 is 29.6 Å². The van der Waals surface area contributed by atoms with E-state index in [4.69, 9.17) is 4.74 Å². The van der Waals surface area contributed by atoms with Crippen LogP contribution in [0.4, 0.5) is 0 Å². The van der Waals surface area contributed by atoms with E-state index >= 15 is 0 Å². The Balaban J connectivity index is 1.31. The number of nitrogens with zero attached hydrogens (tertiary/aromatic N) is 3. The Labute approximate surface area is 203 Å². The van der Waals surface area contributed by atoms with E-state index < -0.39 is 0 Å². The van der Waals surface area contributed by atoms with E-state index in [0.29, 0.717) is 54.7 Å². The number of esters is 1. The maximum absolute atomic E-state index is 12.6. The first-order valence-electron chi connectivity index (χ1n) is 11.6. The van der Waals surface area contributed by atoms with Crippen molar-refractivity contribution < 1.29 is 28.7 Å². The second-order valence-corrected chi connectivity index (χ2v) is 8.49. The molecule has 0 fully saturated rings. The summed E-state index contributed by atoms with van der Waals surface area (Å²) in [5.74, 6) is -1.51. The Morgan fingerprint density at radius 2 is 1.06 bits per heavy atom.